The standard InChI is InChI=1S/C21H19ClN4O3S/c1-3-10-25-18(23)17(30(28,29)15-8-6-14(22)7-9-15)12-16-20(25)24-19-13(2)5-4-11-26(19)21(16)27/h4-9,11-12,23H,3,10H2,1-2H3. The number of hydrogen-bond acceptors (Lipinski definition) is 5. The molecule has 0 aliphatic rings. The number of nitrogens with one attached hydrogen (secondary N) is 1. The molecule has 1 aromatic carbocycles. The van der Waals surface area contributed by atoms with Crippen molar-refractivity contribution in [3.63, 3.8) is 0 Å². The maximum atomic E-state index is 13.3. The highest BCUT2D eigenvalue weighted by Gasteiger charge is 2.24. The molecule has 0 saturated heterocycles. The van der Waals surface area contributed by atoms with Gasteiger partial charge >= 0.3 is 0 Å². The molecule has 3 aromatic heterocycles. The molecule has 0 fully saturated rings. The van der Waals surface area contributed by atoms with Crippen molar-refractivity contribution >= 4 is 38.1 Å². The van der Waals surface area contributed by atoms with E-state index in [1.54, 1.807) is 12.3 Å². The number of hydrogen-bond donors (Lipinski definition) is 1. The molecule has 30 heavy (non-hydrogen) atoms. The van der Waals surface area contributed by atoms with Gasteiger partial charge in [0.2, 0.25) is 9.84 Å². The normalized spacial score (nSPS) is 12.0. The summed E-state index contributed by atoms with van der Waals surface area (Å²) in [5.41, 5.74) is 1.01. The molecule has 0 amide bonds. The van der Waals surface area contributed by atoms with Gasteiger partial charge in [-0.25, -0.2) is 13.4 Å². The highest BCUT2D eigenvalue weighted by atomic mass is 35.5. The molecule has 154 valence electrons. The SMILES string of the molecule is CCCn1c(=N)c(S(=O)(=O)c2ccc(Cl)cc2)cc2c(=O)n3cccc(C)c3nc21. The summed E-state index contributed by atoms with van der Waals surface area (Å²) in [4.78, 5) is 17.6. The van der Waals surface area contributed by atoms with E-state index in [4.69, 9.17) is 17.0 Å². The van der Waals surface area contributed by atoms with E-state index in [1.807, 2.05) is 19.9 Å². The van der Waals surface area contributed by atoms with Gasteiger partial charge in [-0.2, -0.15) is 0 Å². The van der Waals surface area contributed by atoms with Crippen LogP contribution < -0.4 is 11.0 Å². The number of aromatic nitrogens is 3. The van der Waals surface area contributed by atoms with Crippen LogP contribution in [0.4, 0.5) is 0 Å². The van der Waals surface area contributed by atoms with E-state index in [1.165, 1.54) is 39.3 Å². The molecule has 0 aliphatic carbocycles. The van der Waals surface area contributed by atoms with Crippen LogP contribution in [-0.4, -0.2) is 22.4 Å². The van der Waals surface area contributed by atoms with Crippen LogP contribution in [-0.2, 0) is 16.4 Å². The largest absolute Gasteiger partial charge is 0.310 e. The number of fused-ring (bicyclic) bond motifs is 2. The summed E-state index contributed by atoms with van der Waals surface area (Å²) in [6.07, 6.45) is 2.24. The van der Waals surface area contributed by atoms with Crippen LogP contribution in [0.2, 0.25) is 5.02 Å². The third kappa shape index (κ3) is 3.12. The minimum atomic E-state index is -4.04. The van der Waals surface area contributed by atoms with Crippen LogP contribution in [0.5, 0.6) is 0 Å². The second-order valence-corrected chi connectivity index (χ2v) is 9.36. The first-order valence-corrected chi connectivity index (χ1v) is 11.2. The first-order valence-electron chi connectivity index (χ1n) is 9.36. The highest BCUT2D eigenvalue weighted by molar-refractivity contribution is 7.91. The summed E-state index contributed by atoms with van der Waals surface area (Å²) in [7, 11) is -4.04. The molecule has 0 bridgehead atoms. The molecule has 4 aromatic rings. The molecule has 0 unspecified atom stereocenters. The lowest BCUT2D eigenvalue weighted by Gasteiger charge is -2.15. The first kappa shape index (κ1) is 20.3. The molecule has 0 radical (unpaired) electrons. The van der Waals surface area contributed by atoms with Gasteiger partial charge < -0.3 is 4.57 Å². The second-order valence-electron chi connectivity index (χ2n) is 7.01. The van der Waals surface area contributed by atoms with Gasteiger partial charge in [0, 0.05) is 17.8 Å². The fourth-order valence-electron chi connectivity index (χ4n) is 3.46. The van der Waals surface area contributed by atoms with Crippen molar-refractivity contribution in [2.24, 2.45) is 0 Å². The summed E-state index contributed by atoms with van der Waals surface area (Å²) in [5.74, 6) is 0. The van der Waals surface area contributed by atoms with Gasteiger partial charge in [-0.3, -0.25) is 14.6 Å². The van der Waals surface area contributed by atoms with Gasteiger partial charge in [0.25, 0.3) is 5.56 Å². The number of halogens is 1. The zero-order valence-electron chi connectivity index (χ0n) is 16.4. The van der Waals surface area contributed by atoms with E-state index in [2.05, 4.69) is 4.98 Å². The fraction of sp³-hybridized carbons (Fsp3) is 0.190. The Labute approximate surface area is 177 Å². The Balaban J connectivity index is 2.15. The lowest BCUT2D eigenvalue weighted by Crippen LogP contribution is -2.30. The van der Waals surface area contributed by atoms with Crippen LogP contribution in [0.25, 0.3) is 16.7 Å². The third-order valence-corrected chi connectivity index (χ3v) is 6.99. The van der Waals surface area contributed by atoms with Crippen LogP contribution in [0, 0.1) is 12.3 Å². The number of rotatable bonds is 4. The van der Waals surface area contributed by atoms with Crippen molar-refractivity contribution in [1.82, 2.24) is 14.0 Å². The molecule has 0 spiro atoms. The predicted octanol–water partition coefficient (Wildman–Crippen LogP) is 3.33. The van der Waals surface area contributed by atoms with Gasteiger partial charge in [-0.1, -0.05) is 24.6 Å². The van der Waals surface area contributed by atoms with Crippen LogP contribution in [0.1, 0.15) is 18.9 Å². The Kier molecular flexibility index (Phi) is 4.99. The Hall–Kier alpha value is -2.97. The van der Waals surface area contributed by atoms with Gasteiger partial charge in [0.15, 0.2) is 0 Å². The number of pyridine rings is 2. The van der Waals surface area contributed by atoms with Crippen molar-refractivity contribution in [2.45, 2.75) is 36.6 Å². The second kappa shape index (κ2) is 7.37. The average molecular weight is 443 g/mol. The highest BCUT2D eigenvalue weighted by Crippen LogP contribution is 2.22. The molecule has 7 nitrogen and oxygen atoms in total. The summed E-state index contributed by atoms with van der Waals surface area (Å²) in [6, 6.07) is 10.6. The van der Waals surface area contributed by atoms with Gasteiger partial charge in [0.05, 0.1) is 10.3 Å². The van der Waals surface area contributed by atoms with Crippen molar-refractivity contribution in [3.8, 4) is 0 Å². The van der Waals surface area contributed by atoms with E-state index in [0.717, 1.165) is 5.56 Å². The Bertz CT molecular complexity index is 1520. The van der Waals surface area contributed by atoms with E-state index in [0.29, 0.717) is 29.3 Å². The molecular weight excluding hydrogens is 424 g/mol. The topological polar surface area (TPSA) is 97.3 Å². The van der Waals surface area contributed by atoms with Crippen molar-refractivity contribution < 1.29 is 8.42 Å². The molecule has 0 atom stereocenters. The molecule has 4 rings (SSSR count). The van der Waals surface area contributed by atoms with Crippen LogP contribution in [0.15, 0.2) is 63.2 Å². The lowest BCUT2D eigenvalue weighted by molar-refractivity contribution is 0.586. The van der Waals surface area contributed by atoms with E-state index in [9.17, 15) is 13.2 Å². The predicted molar refractivity (Wildman–Crippen MR) is 115 cm³/mol. The van der Waals surface area contributed by atoms with Crippen molar-refractivity contribution in [2.75, 3.05) is 0 Å². The number of benzene rings is 1. The number of sulfone groups is 1. The molecule has 0 saturated carbocycles. The summed E-state index contributed by atoms with van der Waals surface area (Å²) >= 11 is 5.88. The smallest absolute Gasteiger partial charge is 0.267 e. The monoisotopic (exact) mass is 442 g/mol. The Morgan fingerprint density at radius 3 is 2.50 bits per heavy atom. The molecule has 1 N–H and O–H groups in total. The summed E-state index contributed by atoms with van der Waals surface area (Å²) < 4.78 is 29.5. The quantitative estimate of drug-likeness (QED) is 0.490. The number of aryl methyl sites for hydroxylation is 2. The molecule has 3 heterocycles. The zero-order chi connectivity index (χ0) is 21.6. The maximum absolute atomic E-state index is 13.3. The van der Waals surface area contributed by atoms with Crippen molar-refractivity contribution in [3.05, 3.63) is 75.1 Å². The summed E-state index contributed by atoms with van der Waals surface area (Å²) in [5, 5.41) is 9.17. The van der Waals surface area contributed by atoms with E-state index >= 15 is 0 Å². The fourth-order valence-corrected chi connectivity index (χ4v) is 4.97. The molecular formula is C21H19ClN4O3S. The lowest BCUT2D eigenvalue weighted by atomic mass is 10.2. The Morgan fingerprint density at radius 2 is 1.83 bits per heavy atom. The minimum Gasteiger partial charge on any atom is -0.310 e. The van der Waals surface area contributed by atoms with Gasteiger partial charge in [-0.15, -0.1) is 0 Å². The van der Waals surface area contributed by atoms with Gasteiger partial charge in [-0.05, 0) is 55.3 Å². The average Bonchev–Trinajstić information content (AvgIpc) is 2.71. The molecule has 9 heteroatoms. The van der Waals surface area contributed by atoms with E-state index in [-0.39, 0.29) is 26.2 Å². The maximum Gasteiger partial charge on any atom is 0.267 e. The molecule has 0 aliphatic heterocycles. The van der Waals surface area contributed by atoms with Gasteiger partial charge in [0.1, 0.15) is 21.7 Å². The van der Waals surface area contributed by atoms with E-state index < -0.39 is 9.84 Å². The zero-order valence-corrected chi connectivity index (χ0v) is 18.0. The summed E-state index contributed by atoms with van der Waals surface area (Å²) in [6.45, 7) is 4.12. The third-order valence-electron chi connectivity index (χ3n) is 4.96. The van der Waals surface area contributed by atoms with Crippen molar-refractivity contribution in [1.29, 1.82) is 5.41 Å². The minimum absolute atomic E-state index is 0.00694. The Morgan fingerprint density at radius 1 is 1.13 bits per heavy atom. The van der Waals surface area contributed by atoms with Crippen LogP contribution >= 0.6 is 11.6 Å². The van der Waals surface area contributed by atoms with Crippen LogP contribution in [0.3, 0.4) is 0 Å². The number of nitrogens with zero attached hydrogens (tertiary/aromatic N) is 3. The first-order chi connectivity index (χ1) is 14.3.